The maximum atomic E-state index is 12.8. The number of methoxy groups -OCH3 is 1. The van der Waals surface area contributed by atoms with E-state index in [9.17, 15) is 23.7 Å². The highest BCUT2D eigenvalue weighted by Crippen LogP contribution is 2.36. The molecule has 0 N–H and O–H groups in total. The largest absolute Gasteiger partial charge is 0.469 e. The van der Waals surface area contributed by atoms with Crippen LogP contribution in [0.1, 0.15) is 50.3 Å². The van der Waals surface area contributed by atoms with E-state index in [1.807, 2.05) is 0 Å². The average molecular weight is 317 g/mol. The van der Waals surface area contributed by atoms with E-state index in [0.717, 1.165) is 19.0 Å². The number of rotatable bonds is 5. The van der Waals surface area contributed by atoms with Crippen LogP contribution in [0.5, 0.6) is 0 Å². The van der Waals surface area contributed by atoms with Crippen LogP contribution >= 0.6 is 0 Å². The third-order valence-electron chi connectivity index (χ3n) is 4.02. The Morgan fingerprint density at radius 2 is 2.14 bits per heavy atom. The van der Waals surface area contributed by atoms with E-state index >= 15 is 0 Å². The maximum Gasteiger partial charge on any atom is 0.316 e. The second-order valence-electron chi connectivity index (χ2n) is 5.39. The smallest absolute Gasteiger partial charge is 0.316 e. The lowest BCUT2D eigenvalue weighted by Crippen LogP contribution is -2.21. The van der Waals surface area contributed by atoms with Crippen molar-refractivity contribution < 1.29 is 23.2 Å². The van der Waals surface area contributed by atoms with E-state index in [0.29, 0.717) is 19.3 Å². The van der Waals surface area contributed by atoms with Gasteiger partial charge in [0.2, 0.25) is 5.69 Å². The molecule has 0 atom stereocenters. The summed E-state index contributed by atoms with van der Waals surface area (Å²) in [5.41, 5.74) is -1.44. The van der Waals surface area contributed by atoms with Crippen LogP contribution in [0.2, 0.25) is 0 Å². The van der Waals surface area contributed by atoms with Crippen LogP contribution in [0.4, 0.5) is 14.5 Å². The molecule has 0 spiro atoms. The highest BCUT2D eigenvalue weighted by atomic mass is 19.3. The first kappa shape index (κ1) is 16.3. The van der Waals surface area contributed by atoms with Crippen LogP contribution in [0.25, 0.3) is 0 Å². The molecular formula is C13H17F2N3O4. The zero-order valence-corrected chi connectivity index (χ0v) is 12.1. The first-order valence-corrected chi connectivity index (χ1v) is 7.00. The quantitative estimate of drug-likeness (QED) is 0.473. The van der Waals surface area contributed by atoms with Crippen LogP contribution in [0.15, 0.2) is 6.20 Å². The second-order valence-corrected chi connectivity index (χ2v) is 5.39. The van der Waals surface area contributed by atoms with Crippen molar-refractivity contribution in [3.63, 3.8) is 0 Å². The molecule has 1 aliphatic carbocycles. The molecule has 0 saturated heterocycles. The molecule has 0 aliphatic heterocycles. The summed E-state index contributed by atoms with van der Waals surface area (Å²) in [4.78, 5) is 21.2. The Morgan fingerprint density at radius 3 is 2.59 bits per heavy atom. The van der Waals surface area contributed by atoms with Gasteiger partial charge < -0.3 is 4.74 Å². The minimum atomic E-state index is -2.97. The van der Waals surface area contributed by atoms with Crippen LogP contribution in [-0.4, -0.2) is 27.8 Å². The molecule has 1 aromatic rings. The summed E-state index contributed by atoms with van der Waals surface area (Å²) >= 11 is 0. The molecule has 0 amide bonds. The number of carbonyl (C=O) groups is 1. The van der Waals surface area contributed by atoms with Gasteiger partial charge in [0, 0.05) is 6.42 Å². The number of nitro groups is 1. The van der Waals surface area contributed by atoms with Gasteiger partial charge in [0.15, 0.2) is 0 Å². The van der Waals surface area contributed by atoms with Crippen LogP contribution in [0, 0.1) is 16.0 Å². The molecule has 2 rings (SSSR count). The van der Waals surface area contributed by atoms with Crippen molar-refractivity contribution >= 4 is 11.7 Å². The fourth-order valence-corrected chi connectivity index (χ4v) is 2.81. The highest BCUT2D eigenvalue weighted by molar-refractivity contribution is 5.69. The predicted molar refractivity (Wildman–Crippen MR) is 71.5 cm³/mol. The molecule has 1 heterocycles. The Kier molecular flexibility index (Phi) is 5.04. The number of carbonyl (C=O) groups excluding carboxylic acids is 1. The summed E-state index contributed by atoms with van der Waals surface area (Å²) in [7, 11) is 1.34. The zero-order valence-electron chi connectivity index (χ0n) is 12.1. The molecule has 122 valence electrons. The van der Waals surface area contributed by atoms with Crippen molar-refractivity contribution in [1.82, 2.24) is 9.78 Å². The van der Waals surface area contributed by atoms with E-state index in [2.05, 4.69) is 9.84 Å². The minimum Gasteiger partial charge on any atom is -0.469 e. The van der Waals surface area contributed by atoms with Gasteiger partial charge in [-0.3, -0.25) is 19.6 Å². The van der Waals surface area contributed by atoms with Gasteiger partial charge in [-0.25, -0.2) is 8.78 Å². The average Bonchev–Trinajstić information content (AvgIpc) is 2.93. The molecular weight excluding hydrogens is 300 g/mol. The predicted octanol–water partition coefficient (Wildman–Crippen LogP) is 3.02. The van der Waals surface area contributed by atoms with Gasteiger partial charge in [0.05, 0.1) is 18.1 Å². The standard InChI is InChI=1S/C13H17F2N3O4/c1-22-11(19)6-8-2-4-9(5-3-8)17-7-10(18(20)21)12(16-17)13(14)15/h7-9,13H,2-6H2,1H3/t8-,9-. The van der Waals surface area contributed by atoms with E-state index < -0.39 is 22.7 Å². The summed E-state index contributed by atoms with van der Waals surface area (Å²) < 4.78 is 31.5. The summed E-state index contributed by atoms with van der Waals surface area (Å²) in [6, 6.07) is -0.153. The fourth-order valence-electron chi connectivity index (χ4n) is 2.81. The lowest BCUT2D eigenvalue weighted by atomic mass is 9.84. The van der Waals surface area contributed by atoms with Crippen molar-refractivity contribution in [3.05, 3.63) is 22.0 Å². The third kappa shape index (κ3) is 3.58. The van der Waals surface area contributed by atoms with Gasteiger partial charge in [-0.15, -0.1) is 0 Å². The number of esters is 1. The minimum absolute atomic E-state index is 0.153. The first-order valence-electron chi connectivity index (χ1n) is 7.00. The van der Waals surface area contributed by atoms with Gasteiger partial charge in [-0.2, -0.15) is 5.10 Å². The summed E-state index contributed by atoms with van der Waals surface area (Å²) in [6.07, 6.45) is 1.19. The van der Waals surface area contributed by atoms with Gasteiger partial charge in [0.1, 0.15) is 6.20 Å². The van der Waals surface area contributed by atoms with Gasteiger partial charge in [-0.05, 0) is 31.6 Å². The monoisotopic (exact) mass is 317 g/mol. The van der Waals surface area contributed by atoms with Crippen LogP contribution < -0.4 is 0 Å². The Balaban J connectivity index is 2.04. The maximum absolute atomic E-state index is 12.8. The number of alkyl halides is 2. The number of nitrogens with zero attached hydrogens (tertiary/aromatic N) is 3. The first-order chi connectivity index (χ1) is 10.4. The zero-order chi connectivity index (χ0) is 16.3. The third-order valence-corrected chi connectivity index (χ3v) is 4.02. The van der Waals surface area contributed by atoms with E-state index in [1.54, 1.807) is 0 Å². The van der Waals surface area contributed by atoms with E-state index in [-0.39, 0.29) is 17.9 Å². The molecule has 1 fully saturated rings. The Morgan fingerprint density at radius 1 is 1.50 bits per heavy atom. The number of ether oxygens (including phenoxy) is 1. The summed E-state index contributed by atoms with van der Waals surface area (Å²) in [5.74, 6) is -0.0676. The van der Waals surface area contributed by atoms with Crippen molar-refractivity contribution in [2.24, 2.45) is 5.92 Å². The number of hydrogen-bond donors (Lipinski definition) is 0. The van der Waals surface area contributed by atoms with Crippen molar-refractivity contribution in [2.45, 2.75) is 44.6 Å². The van der Waals surface area contributed by atoms with Crippen molar-refractivity contribution in [3.8, 4) is 0 Å². The van der Waals surface area contributed by atoms with Crippen LogP contribution in [-0.2, 0) is 9.53 Å². The van der Waals surface area contributed by atoms with Gasteiger partial charge in [0.25, 0.3) is 6.43 Å². The molecule has 1 saturated carbocycles. The van der Waals surface area contributed by atoms with E-state index in [1.165, 1.54) is 11.8 Å². The normalized spacial score (nSPS) is 21.8. The Labute approximate surface area is 125 Å². The Hall–Kier alpha value is -2.06. The van der Waals surface area contributed by atoms with E-state index in [4.69, 9.17) is 0 Å². The molecule has 0 unspecified atom stereocenters. The second kappa shape index (κ2) is 6.80. The molecule has 0 radical (unpaired) electrons. The summed E-state index contributed by atoms with van der Waals surface area (Å²) in [5, 5.41) is 14.5. The number of halogens is 2. The molecule has 22 heavy (non-hydrogen) atoms. The Bertz CT molecular complexity index is 553. The SMILES string of the molecule is COC(=O)C[C@H]1CC[C@H](n2cc([N+](=O)[O-])c(C(F)F)n2)CC1. The lowest BCUT2D eigenvalue weighted by Gasteiger charge is -2.27. The summed E-state index contributed by atoms with van der Waals surface area (Å²) in [6.45, 7) is 0. The molecule has 0 bridgehead atoms. The van der Waals surface area contributed by atoms with Gasteiger partial charge >= 0.3 is 11.7 Å². The topological polar surface area (TPSA) is 87.3 Å². The van der Waals surface area contributed by atoms with Crippen molar-refractivity contribution in [2.75, 3.05) is 7.11 Å². The molecule has 0 aromatic carbocycles. The lowest BCUT2D eigenvalue weighted by molar-refractivity contribution is -0.386. The molecule has 1 aromatic heterocycles. The molecule has 1 aliphatic rings. The number of hydrogen-bond acceptors (Lipinski definition) is 5. The van der Waals surface area contributed by atoms with Gasteiger partial charge in [-0.1, -0.05) is 0 Å². The highest BCUT2D eigenvalue weighted by Gasteiger charge is 2.31. The van der Waals surface area contributed by atoms with Crippen molar-refractivity contribution in [1.29, 1.82) is 0 Å². The molecule has 9 heteroatoms. The fraction of sp³-hybridized carbons (Fsp3) is 0.692. The van der Waals surface area contributed by atoms with Crippen LogP contribution in [0.3, 0.4) is 0 Å². The number of aromatic nitrogens is 2. The molecule has 7 nitrogen and oxygen atoms in total.